The van der Waals surface area contributed by atoms with Crippen molar-refractivity contribution in [2.45, 2.75) is 6.92 Å². The molecule has 0 N–H and O–H groups in total. The highest BCUT2D eigenvalue weighted by atomic mass is 16.5. The first kappa shape index (κ1) is 19.2. The summed E-state index contributed by atoms with van der Waals surface area (Å²) in [6.45, 7) is 8.78. The number of ether oxygens (including phenoxy) is 2. The molecule has 148 valence electrons. The van der Waals surface area contributed by atoms with Crippen molar-refractivity contribution in [1.82, 2.24) is 0 Å². The summed E-state index contributed by atoms with van der Waals surface area (Å²) in [6.07, 6.45) is 2.24. The van der Waals surface area contributed by atoms with Gasteiger partial charge in [-0.2, -0.15) is 0 Å². The van der Waals surface area contributed by atoms with E-state index in [1.165, 1.54) is 0 Å². The van der Waals surface area contributed by atoms with E-state index >= 15 is 0 Å². The second-order valence-corrected chi connectivity index (χ2v) is 6.65. The van der Waals surface area contributed by atoms with Gasteiger partial charge in [-0.1, -0.05) is 31.4 Å². The fourth-order valence-electron chi connectivity index (χ4n) is 3.35. The number of hydrogen-bond acceptors (Lipinski definition) is 5. The molecule has 1 aromatic heterocycles. The van der Waals surface area contributed by atoms with Crippen LogP contribution in [0, 0.1) is 6.92 Å². The molecular formula is C25H18O5. The minimum absolute atomic E-state index is 0.397. The van der Waals surface area contributed by atoms with Gasteiger partial charge < -0.3 is 13.9 Å². The molecule has 0 aliphatic rings. The summed E-state index contributed by atoms with van der Waals surface area (Å²) in [5.74, 6) is -0.173. The Labute approximate surface area is 172 Å². The molecule has 4 aromatic rings. The Kier molecular flexibility index (Phi) is 4.94. The Hall–Kier alpha value is -4.12. The second-order valence-electron chi connectivity index (χ2n) is 6.65. The Morgan fingerprint density at radius 3 is 2.10 bits per heavy atom. The van der Waals surface area contributed by atoms with Gasteiger partial charge in [0, 0.05) is 34.6 Å². The van der Waals surface area contributed by atoms with Gasteiger partial charge in [0.15, 0.2) is 0 Å². The minimum atomic E-state index is -0.522. The van der Waals surface area contributed by atoms with Crippen molar-refractivity contribution in [3.8, 4) is 22.6 Å². The summed E-state index contributed by atoms with van der Waals surface area (Å²) in [6, 6.07) is 16.6. The lowest BCUT2D eigenvalue weighted by atomic mass is 9.98. The SMILES string of the molecule is C=CC(=O)Oc1ccc(-c2ccc3c(oc4cc(OC(=O)C=C)ccc43)c2C)cc1. The average molecular weight is 398 g/mol. The summed E-state index contributed by atoms with van der Waals surface area (Å²) in [4.78, 5) is 22.8. The molecule has 0 atom stereocenters. The van der Waals surface area contributed by atoms with Crippen molar-refractivity contribution in [2.75, 3.05) is 0 Å². The van der Waals surface area contributed by atoms with Gasteiger partial charge in [0.05, 0.1) is 0 Å². The quantitative estimate of drug-likeness (QED) is 0.243. The number of carbonyl (C=O) groups is 2. The van der Waals surface area contributed by atoms with E-state index < -0.39 is 11.9 Å². The summed E-state index contributed by atoms with van der Waals surface area (Å²) < 4.78 is 16.4. The van der Waals surface area contributed by atoms with Crippen molar-refractivity contribution in [1.29, 1.82) is 0 Å². The molecule has 0 saturated carbocycles. The Balaban J connectivity index is 1.73. The monoisotopic (exact) mass is 398 g/mol. The van der Waals surface area contributed by atoms with Gasteiger partial charge in [0.1, 0.15) is 22.7 Å². The molecule has 0 saturated heterocycles. The highest BCUT2D eigenvalue weighted by Gasteiger charge is 2.14. The van der Waals surface area contributed by atoms with Crippen LogP contribution in [0.25, 0.3) is 33.1 Å². The molecule has 5 heteroatoms. The van der Waals surface area contributed by atoms with E-state index in [2.05, 4.69) is 13.2 Å². The molecule has 0 aliphatic carbocycles. The average Bonchev–Trinajstić information content (AvgIpc) is 3.13. The zero-order valence-electron chi connectivity index (χ0n) is 16.3. The smallest absolute Gasteiger partial charge is 0.335 e. The normalized spacial score (nSPS) is 10.7. The van der Waals surface area contributed by atoms with Crippen LogP contribution < -0.4 is 9.47 Å². The van der Waals surface area contributed by atoms with Gasteiger partial charge in [-0.15, -0.1) is 0 Å². The van der Waals surface area contributed by atoms with Crippen molar-refractivity contribution < 1.29 is 23.5 Å². The Morgan fingerprint density at radius 2 is 1.43 bits per heavy atom. The van der Waals surface area contributed by atoms with Crippen molar-refractivity contribution in [3.05, 3.63) is 85.5 Å². The lowest BCUT2D eigenvalue weighted by Gasteiger charge is -2.08. The molecule has 0 spiro atoms. The van der Waals surface area contributed by atoms with Gasteiger partial charge in [0.25, 0.3) is 0 Å². The predicted octanol–water partition coefficient (Wildman–Crippen LogP) is 5.74. The molecule has 0 bridgehead atoms. The zero-order valence-corrected chi connectivity index (χ0v) is 16.3. The molecule has 0 fully saturated rings. The molecule has 30 heavy (non-hydrogen) atoms. The topological polar surface area (TPSA) is 65.7 Å². The third-order valence-corrected chi connectivity index (χ3v) is 4.80. The van der Waals surface area contributed by atoms with Crippen LogP contribution in [-0.4, -0.2) is 11.9 Å². The maximum Gasteiger partial charge on any atom is 0.335 e. The maximum atomic E-state index is 11.4. The fraction of sp³-hybridized carbons (Fsp3) is 0.0400. The molecule has 0 unspecified atom stereocenters. The highest BCUT2D eigenvalue weighted by molar-refractivity contribution is 6.07. The van der Waals surface area contributed by atoms with Crippen LogP contribution in [0.3, 0.4) is 0 Å². The summed E-state index contributed by atoms with van der Waals surface area (Å²) in [5, 5.41) is 1.91. The van der Waals surface area contributed by atoms with E-state index in [1.807, 2.05) is 37.3 Å². The lowest BCUT2D eigenvalue weighted by Crippen LogP contribution is -2.02. The first-order valence-corrected chi connectivity index (χ1v) is 9.25. The van der Waals surface area contributed by atoms with Crippen molar-refractivity contribution >= 4 is 33.9 Å². The molecule has 3 aromatic carbocycles. The van der Waals surface area contributed by atoms with Crippen LogP contribution in [0.4, 0.5) is 0 Å². The summed E-state index contributed by atoms with van der Waals surface area (Å²) in [7, 11) is 0. The predicted molar refractivity (Wildman–Crippen MR) is 116 cm³/mol. The van der Waals surface area contributed by atoms with Crippen molar-refractivity contribution in [2.24, 2.45) is 0 Å². The van der Waals surface area contributed by atoms with Gasteiger partial charge >= 0.3 is 11.9 Å². The molecule has 4 rings (SSSR count). The maximum absolute atomic E-state index is 11.4. The zero-order chi connectivity index (χ0) is 21.3. The third-order valence-electron chi connectivity index (χ3n) is 4.80. The van der Waals surface area contributed by atoms with Crippen LogP contribution in [0.5, 0.6) is 11.5 Å². The van der Waals surface area contributed by atoms with E-state index in [0.29, 0.717) is 17.1 Å². The molecule has 0 amide bonds. The fourth-order valence-corrected chi connectivity index (χ4v) is 3.35. The lowest BCUT2D eigenvalue weighted by molar-refractivity contribution is -0.129. The molecule has 0 aliphatic heterocycles. The number of esters is 2. The number of carbonyl (C=O) groups excluding carboxylic acids is 2. The number of rotatable bonds is 5. The van der Waals surface area contributed by atoms with Crippen LogP contribution in [0.2, 0.25) is 0 Å². The van der Waals surface area contributed by atoms with Gasteiger partial charge in [-0.3, -0.25) is 0 Å². The van der Waals surface area contributed by atoms with E-state index in [1.54, 1.807) is 24.3 Å². The third kappa shape index (κ3) is 3.49. The Bertz CT molecular complexity index is 1310. The van der Waals surface area contributed by atoms with E-state index in [-0.39, 0.29) is 0 Å². The van der Waals surface area contributed by atoms with Gasteiger partial charge in [-0.25, -0.2) is 9.59 Å². The molecule has 5 nitrogen and oxygen atoms in total. The number of fused-ring (bicyclic) bond motifs is 3. The standard InChI is InChI=1S/C25H18O5/c1-4-23(26)28-17-8-6-16(7-9-17)19-12-13-21-20-11-10-18(29-24(27)5-2)14-22(20)30-25(21)15(19)3/h4-14H,1-2H2,3H3. The molecular weight excluding hydrogens is 380 g/mol. The number of furan rings is 1. The first-order chi connectivity index (χ1) is 14.5. The minimum Gasteiger partial charge on any atom is -0.456 e. The van der Waals surface area contributed by atoms with Crippen LogP contribution in [0.1, 0.15) is 5.56 Å². The number of hydrogen-bond donors (Lipinski definition) is 0. The van der Waals surface area contributed by atoms with Crippen LogP contribution in [0.15, 0.2) is 84.3 Å². The summed E-state index contributed by atoms with van der Waals surface area (Å²) >= 11 is 0. The van der Waals surface area contributed by atoms with E-state index in [0.717, 1.165) is 45.2 Å². The van der Waals surface area contributed by atoms with Crippen LogP contribution >= 0.6 is 0 Å². The number of benzene rings is 3. The first-order valence-electron chi connectivity index (χ1n) is 9.25. The molecule has 1 heterocycles. The van der Waals surface area contributed by atoms with E-state index in [4.69, 9.17) is 13.9 Å². The largest absolute Gasteiger partial charge is 0.456 e. The second kappa shape index (κ2) is 7.72. The van der Waals surface area contributed by atoms with Crippen molar-refractivity contribution in [3.63, 3.8) is 0 Å². The van der Waals surface area contributed by atoms with Gasteiger partial charge in [-0.05, 0) is 48.4 Å². The number of aryl methyl sites for hydroxylation is 1. The Morgan fingerprint density at radius 1 is 0.833 bits per heavy atom. The highest BCUT2D eigenvalue weighted by Crippen LogP contribution is 2.37. The van der Waals surface area contributed by atoms with Gasteiger partial charge in [0.2, 0.25) is 0 Å². The molecule has 0 radical (unpaired) electrons. The van der Waals surface area contributed by atoms with Crippen LogP contribution in [-0.2, 0) is 9.59 Å². The van der Waals surface area contributed by atoms with E-state index in [9.17, 15) is 9.59 Å². The summed E-state index contributed by atoms with van der Waals surface area (Å²) in [5.41, 5.74) is 4.34.